The molecular weight excluding hydrogens is 424 g/mol. The summed E-state index contributed by atoms with van der Waals surface area (Å²) in [5.74, 6) is -0.0461. The second kappa shape index (κ2) is 8.70. The largest absolute Gasteiger partial charge is 0.390 e. The minimum absolute atomic E-state index is 0.0461. The molecular formula is C28H28N4O2. The summed E-state index contributed by atoms with van der Waals surface area (Å²) in [6, 6.07) is 22.5. The fraction of sp³-hybridized carbons (Fsp3) is 0.286. The number of nitrogens with zero attached hydrogens (tertiary/aromatic N) is 3. The van der Waals surface area contributed by atoms with E-state index in [9.17, 15) is 9.90 Å². The normalized spacial score (nSPS) is 20.9. The fourth-order valence-corrected chi connectivity index (χ4v) is 5.54. The number of piperidine rings is 1. The number of H-pyrrole nitrogens is 1. The second-order valence-corrected chi connectivity index (χ2v) is 9.38. The maximum Gasteiger partial charge on any atom is 0.254 e. The first kappa shape index (κ1) is 21.1. The summed E-state index contributed by atoms with van der Waals surface area (Å²) < 4.78 is 0. The standard InChI is InChI=1S/C28H28N4O2/c33-27-18-32(13-11-26(27)31-12-10-19-6-4-5-9-21(19)17-31)28(34)22-14-23(20-7-2-1-3-8-20)24-16-29-30-25(24)15-22/h1-9,14-16,26-27,33H,10-13,17-18H2,(H,29,30)/t26-,27-/m1/s1. The van der Waals surface area contributed by atoms with Gasteiger partial charge in [-0.05, 0) is 47.2 Å². The lowest BCUT2D eigenvalue weighted by atomic mass is 9.93. The molecule has 0 unspecified atom stereocenters. The van der Waals surface area contributed by atoms with E-state index in [-0.39, 0.29) is 11.9 Å². The minimum Gasteiger partial charge on any atom is -0.390 e. The Hall–Kier alpha value is -3.48. The SMILES string of the molecule is O=C(c1cc(-c2ccccc2)c2cn[nH]c2c1)N1CC[C@@H](N2CCc3ccccc3C2)[C@H](O)C1. The van der Waals surface area contributed by atoms with Crippen LogP contribution in [0.15, 0.2) is 72.9 Å². The Morgan fingerprint density at radius 3 is 2.62 bits per heavy atom. The molecule has 6 rings (SSSR count). The molecule has 0 aliphatic carbocycles. The van der Waals surface area contributed by atoms with Crippen LogP contribution in [0.3, 0.4) is 0 Å². The van der Waals surface area contributed by atoms with E-state index in [1.165, 1.54) is 11.1 Å². The Bertz CT molecular complexity index is 1330. The number of fused-ring (bicyclic) bond motifs is 2. The van der Waals surface area contributed by atoms with Crippen LogP contribution in [0.5, 0.6) is 0 Å². The van der Waals surface area contributed by atoms with Crippen molar-refractivity contribution in [2.75, 3.05) is 19.6 Å². The maximum absolute atomic E-state index is 13.5. The lowest BCUT2D eigenvalue weighted by Gasteiger charge is -2.43. The summed E-state index contributed by atoms with van der Waals surface area (Å²) in [4.78, 5) is 17.7. The Morgan fingerprint density at radius 2 is 1.79 bits per heavy atom. The number of hydrogen-bond acceptors (Lipinski definition) is 4. The van der Waals surface area contributed by atoms with Crippen LogP contribution in [0, 0.1) is 0 Å². The van der Waals surface area contributed by atoms with Crippen molar-refractivity contribution in [2.45, 2.75) is 31.5 Å². The van der Waals surface area contributed by atoms with Gasteiger partial charge >= 0.3 is 0 Å². The molecule has 0 radical (unpaired) electrons. The molecule has 1 aromatic heterocycles. The lowest BCUT2D eigenvalue weighted by molar-refractivity contribution is -0.0137. The van der Waals surface area contributed by atoms with Gasteiger partial charge in [0.15, 0.2) is 0 Å². The zero-order valence-corrected chi connectivity index (χ0v) is 19.0. The third-order valence-corrected chi connectivity index (χ3v) is 7.35. The number of likely N-dealkylation sites (tertiary alicyclic amines) is 1. The van der Waals surface area contributed by atoms with Gasteiger partial charge in [0.1, 0.15) is 0 Å². The Kier molecular flexibility index (Phi) is 5.40. The Balaban J connectivity index is 1.21. The third kappa shape index (κ3) is 3.79. The highest BCUT2D eigenvalue weighted by molar-refractivity contribution is 6.03. The van der Waals surface area contributed by atoms with Gasteiger partial charge in [0.25, 0.3) is 5.91 Å². The molecule has 34 heavy (non-hydrogen) atoms. The first-order valence-corrected chi connectivity index (χ1v) is 12.0. The van der Waals surface area contributed by atoms with Crippen LogP contribution in [-0.4, -0.2) is 62.8 Å². The van der Waals surface area contributed by atoms with Crippen LogP contribution in [0.1, 0.15) is 27.9 Å². The summed E-state index contributed by atoms with van der Waals surface area (Å²) in [5, 5.41) is 19.3. The molecule has 0 spiro atoms. The highest BCUT2D eigenvalue weighted by Crippen LogP contribution is 2.31. The average molecular weight is 453 g/mol. The molecule has 172 valence electrons. The number of carbonyl (C=O) groups excluding carboxylic acids is 1. The molecule has 1 amide bonds. The quantitative estimate of drug-likeness (QED) is 0.495. The van der Waals surface area contributed by atoms with E-state index >= 15 is 0 Å². The van der Waals surface area contributed by atoms with Crippen LogP contribution in [0.2, 0.25) is 0 Å². The van der Waals surface area contributed by atoms with Crippen molar-refractivity contribution in [3.05, 3.63) is 89.6 Å². The van der Waals surface area contributed by atoms with Crippen molar-refractivity contribution >= 4 is 16.8 Å². The molecule has 2 aliphatic heterocycles. The highest BCUT2D eigenvalue weighted by Gasteiger charge is 2.35. The third-order valence-electron chi connectivity index (χ3n) is 7.35. The van der Waals surface area contributed by atoms with Crippen LogP contribution in [-0.2, 0) is 13.0 Å². The van der Waals surface area contributed by atoms with Gasteiger partial charge in [0.2, 0.25) is 0 Å². The van der Waals surface area contributed by atoms with Gasteiger partial charge in [-0.25, -0.2) is 0 Å². The molecule has 2 atom stereocenters. The van der Waals surface area contributed by atoms with Crippen LogP contribution < -0.4 is 0 Å². The van der Waals surface area contributed by atoms with E-state index in [0.717, 1.165) is 48.0 Å². The number of nitrogens with one attached hydrogen (secondary N) is 1. The number of amides is 1. The number of hydrogen-bond donors (Lipinski definition) is 2. The Labute approximate surface area is 198 Å². The van der Waals surface area contributed by atoms with E-state index in [2.05, 4.69) is 39.4 Å². The summed E-state index contributed by atoms with van der Waals surface area (Å²) in [6.07, 6.45) is 3.02. The molecule has 2 aliphatic rings. The highest BCUT2D eigenvalue weighted by atomic mass is 16.3. The van der Waals surface area contributed by atoms with Crippen molar-refractivity contribution in [3.8, 4) is 11.1 Å². The second-order valence-electron chi connectivity index (χ2n) is 9.38. The topological polar surface area (TPSA) is 72.5 Å². The molecule has 0 saturated carbocycles. The van der Waals surface area contributed by atoms with Gasteiger partial charge in [-0.15, -0.1) is 0 Å². The van der Waals surface area contributed by atoms with Gasteiger partial charge in [0.05, 0.1) is 17.8 Å². The van der Waals surface area contributed by atoms with Crippen LogP contribution in [0.25, 0.3) is 22.0 Å². The van der Waals surface area contributed by atoms with Gasteiger partial charge in [-0.1, -0.05) is 54.6 Å². The van der Waals surface area contributed by atoms with E-state index in [0.29, 0.717) is 18.7 Å². The lowest BCUT2D eigenvalue weighted by Crippen LogP contribution is -2.56. The van der Waals surface area contributed by atoms with Gasteiger partial charge in [-0.2, -0.15) is 5.10 Å². The molecule has 6 heteroatoms. The summed E-state index contributed by atoms with van der Waals surface area (Å²) in [5.41, 5.74) is 6.25. The number of aromatic nitrogens is 2. The number of aliphatic hydroxyl groups excluding tert-OH is 1. The predicted octanol–water partition coefficient (Wildman–Crippen LogP) is 3.86. The van der Waals surface area contributed by atoms with Crippen LogP contribution in [0.4, 0.5) is 0 Å². The summed E-state index contributed by atoms with van der Waals surface area (Å²) in [6.45, 7) is 2.80. The maximum atomic E-state index is 13.5. The predicted molar refractivity (Wildman–Crippen MR) is 132 cm³/mol. The summed E-state index contributed by atoms with van der Waals surface area (Å²) >= 11 is 0. The van der Waals surface area contributed by atoms with Gasteiger partial charge < -0.3 is 10.0 Å². The van der Waals surface area contributed by atoms with Crippen molar-refractivity contribution < 1.29 is 9.90 Å². The van der Waals surface area contributed by atoms with E-state index in [4.69, 9.17) is 0 Å². The van der Waals surface area contributed by atoms with Crippen LogP contribution >= 0.6 is 0 Å². The monoisotopic (exact) mass is 452 g/mol. The zero-order valence-electron chi connectivity index (χ0n) is 19.0. The van der Waals surface area contributed by atoms with E-state index < -0.39 is 6.10 Å². The number of benzene rings is 3. The molecule has 1 saturated heterocycles. The smallest absolute Gasteiger partial charge is 0.254 e. The molecule has 3 heterocycles. The number of carbonyl (C=O) groups is 1. The van der Waals surface area contributed by atoms with E-state index in [1.54, 1.807) is 11.1 Å². The molecule has 0 bridgehead atoms. The molecule has 3 aromatic carbocycles. The number of aromatic amines is 1. The molecule has 6 nitrogen and oxygen atoms in total. The number of aliphatic hydroxyl groups is 1. The first-order chi connectivity index (χ1) is 16.7. The fourth-order valence-electron chi connectivity index (χ4n) is 5.54. The minimum atomic E-state index is -0.563. The molecule has 1 fully saturated rings. The molecule has 2 N–H and O–H groups in total. The van der Waals surface area contributed by atoms with Crippen molar-refractivity contribution in [1.82, 2.24) is 20.0 Å². The zero-order chi connectivity index (χ0) is 23.1. The van der Waals surface area contributed by atoms with Gasteiger partial charge in [0, 0.05) is 43.2 Å². The van der Waals surface area contributed by atoms with Crippen molar-refractivity contribution in [1.29, 1.82) is 0 Å². The molecule has 4 aromatic rings. The first-order valence-electron chi connectivity index (χ1n) is 12.0. The number of rotatable bonds is 3. The van der Waals surface area contributed by atoms with Crippen molar-refractivity contribution in [2.24, 2.45) is 0 Å². The van der Waals surface area contributed by atoms with E-state index in [1.807, 2.05) is 42.5 Å². The number of β-amino-alcohol motifs (C(OH)–C–C–N with tert-alkyl or cyclic N) is 1. The van der Waals surface area contributed by atoms with Crippen molar-refractivity contribution in [3.63, 3.8) is 0 Å². The average Bonchev–Trinajstić information content (AvgIpc) is 3.37. The Morgan fingerprint density at radius 1 is 1.00 bits per heavy atom. The van der Waals surface area contributed by atoms with Gasteiger partial charge in [-0.3, -0.25) is 14.8 Å². The summed E-state index contributed by atoms with van der Waals surface area (Å²) in [7, 11) is 0.